The van der Waals surface area contributed by atoms with Crippen molar-refractivity contribution in [3.05, 3.63) is 0 Å². The predicted molar refractivity (Wildman–Crippen MR) is 47.1 cm³/mol. The van der Waals surface area contributed by atoms with Crippen LogP contribution in [0.25, 0.3) is 0 Å². The van der Waals surface area contributed by atoms with Gasteiger partial charge >= 0.3 is 12.4 Å². The van der Waals surface area contributed by atoms with Crippen molar-refractivity contribution in [3.63, 3.8) is 0 Å². The summed E-state index contributed by atoms with van der Waals surface area (Å²) in [5.41, 5.74) is -4.70. The quantitative estimate of drug-likeness (QED) is 0.609. The molecule has 0 aromatic rings. The highest BCUT2D eigenvalue weighted by molar-refractivity contribution is 7.90. The molecule has 0 fully saturated rings. The van der Waals surface area contributed by atoms with Crippen LogP contribution in [-0.2, 0) is 11.2 Å². The molecule has 98 valence electrons. The third-order valence-electron chi connectivity index (χ3n) is 1.92. The van der Waals surface area contributed by atoms with Crippen LogP contribution in [0.1, 0.15) is 12.8 Å². The Labute approximate surface area is 90.8 Å². The SMILES string of the molecule is C[S+](O)CCCC(O)(C(F)(F)F)C(F)(F)F. The highest BCUT2D eigenvalue weighted by Gasteiger charge is 2.69. The second-order valence-corrected chi connectivity index (χ2v) is 4.87. The molecular formula is C7H11F6O2S+. The summed E-state index contributed by atoms with van der Waals surface area (Å²) in [6.07, 6.45) is -12.3. The fourth-order valence-corrected chi connectivity index (χ4v) is 1.54. The summed E-state index contributed by atoms with van der Waals surface area (Å²) >= 11 is -1.25. The minimum absolute atomic E-state index is 0.214. The van der Waals surface area contributed by atoms with Crippen LogP contribution in [-0.4, -0.2) is 39.6 Å². The van der Waals surface area contributed by atoms with E-state index in [1.807, 2.05) is 0 Å². The van der Waals surface area contributed by atoms with Crippen molar-refractivity contribution in [3.8, 4) is 0 Å². The summed E-state index contributed by atoms with van der Waals surface area (Å²) in [4.78, 5) is 0. The zero-order valence-electron chi connectivity index (χ0n) is 8.19. The fourth-order valence-electron chi connectivity index (χ4n) is 0.981. The van der Waals surface area contributed by atoms with Gasteiger partial charge in [0.15, 0.2) is 0 Å². The van der Waals surface area contributed by atoms with Crippen molar-refractivity contribution in [2.45, 2.75) is 30.8 Å². The Morgan fingerprint density at radius 3 is 1.62 bits per heavy atom. The molecule has 0 aromatic heterocycles. The summed E-state index contributed by atoms with van der Waals surface area (Å²) in [5, 5.41) is 8.67. The molecule has 16 heavy (non-hydrogen) atoms. The van der Waals surface area contributed by atoms with E-state index >= 15 is 0 Å². The Morgan fingerprint density at radius 1 is 1.00 bits per heavy atom. The summed E-state index contributed by atoms with van der Waals surface area (Å²) < 4.78 is 81.3. The minimum atomic E-state index is -5.77. The Kier molecular flexibility index (Phi) is 4.96. The highest BCUT2D eigenvalue weighted by Crippen LogP contribution is 2.45. The Balaban J connectivity index is 4.71. The number of rotatable bonds is 4. The van der Waals surface area contributed by atoms with Gasteiger partial charge in [-0.1, -0.05) is 0 Å². The molecule has 0 spiro atoms. The molecule has 0 aliphatic carbocycles. The molecular weight excluding hydrogens is 262 g/mol. The maximum atomic E-state index is 12.1. The molecule has 2 nitrogen and oxygen atoms in total. The number of hydrogen-bond acceptors (Lipinski definition) is 2. The van der Waals surface area contributed by atoms with E-state index in [0.717, 1.165) is 0 Å². The Bertz CT molecular complexity index is 210. The van der Waals surface area contributed by atoms with Crippen LogP contribution in [0.2, 0.25) is 0 Å². The normalized spacial score (nSPS) is 16.3. The van der Waals surface area contributed by atoms with Crippen LogP contribution >= 0.6 is 0 Å². The topological polar surface area (TPSA) is 40.5 Å². The van der Waals surface area contributed by atoms with E-state index in [1.54, 1.807) is 0 Å². The van der Waals surface area contributed by atoms with Crippen LogP contribution in [0.4, 0.5) is 26.3 Å². The predicted octanol–water partition coefficient (Wildman–Crippen LogP) is 2.34. The van der Waals surface area contributed by atoms with E-state index in [9.17, 15) is 26.3 Å². The van der Waals surface area contributed by atoms with E-state index in [4.69, 9.17) is 9.66 Å². The first kappa shape index (κ1) is 15.9. The van der Waals surface area contributed by atoms with E-state index < -0.39 is 42.0 Å². The molecule has 0 saturated heterocycles. The second kappa shape index (κ2) is 5.01. The summed E-state index contributed by atoms with van der Waals surface area (Å²) in [5.74, 6) is -0.214. The molecule has 1 unspecified atom stereocenters. The zero-order valence-corrected chi connectivity index (χ0v) is 9.01. The molecule has 0 radical (unpaired) electrons. The smallest absolute Gasteiger partial charge is 0.374 e. The average Bonchev–Trinajstić information content (AvgIpc) is 1.98. The van der Waals surface area contributed by atoms with Gasteiger partial charge in [-0.3, -0.25) is 0 Å². The van der Waals surface area contributed by atoms with Gasteiger partial charge in [-0.25, -0.2) is 0 Å². The first-order valence-electron chi connectivity index (χ1n) is 4.09. The summed E-state index contributed by atoms with van der Waals surface area (Å²) in [6, 6.07) is 0. The van der Waals surface area contributed by atoms with Crippen LogP contribution < -0.4 is 0 Å². The van der Waals surface area contributed by atoms with E-state index in [0.29, 0.717) is 0 Å². The molecule has 2 N–H and O–H groups in total. The lowest BCUT2D eigenvalue weighted by Crippen LogP contribution is -2.56. The molecule has 0 amide bonds. The lowest BCUT2D eigenvalue weighted by molar-refractivity contribution is -0.369. The van der Waals surface area contributed by atoms with Crippen LogP contribution in [0.5, 0.6) is 0 Å². The molecule has 1 atom stereocenters. The first-order chi connectivity index (χ1) is 6.92. The molecule has 0 bridgehead atoms. The molecule has 0 rings (SSSR count). The van der Waals surface area contributed by atoms with Crippen LogP contribution in [0.3, 0.4) is 0 Å². The van der Waals surface area contributed by atoms with E-state index in [2.05, 4.69) is 0 Å². The van der Waals surface area contributed by atoms with Gasteiger partial charge in [0, 0.05) is 0 Å². The number of hydrogen-bond donors (Lipinski definition) is 2. The Hall–Kier alpha value is -0.150. The van der Waals surface area contributed by atoms with Crippen molar-refractivity contribution < 1.29 is 36.0 Å². The standard InChI is InChI=1S/C7H11F6O2S/c1-16(15)4-2-3-5(14,6(8,9)10)7(11,12)13/h14-15H,2-4H2,1H3/q+1. The average molecular weight is 273 g/mol. The largest absolute Gasteiger partial charge is 0.426 e. The van der Waals surface area contributed by atoms with Crippen LogP contribution in [0, 0.1) is 0 Å². The lowest BCUT2D eigenvalue weighted by Gasteiger charge is -2.31. The Morgan fingerprint density at radius 2 is 1.38 bits per heavy atom. The molecule has 0 saturated carbocycles. The van der Waals surface area contributed by atoms with E-state index in [1.165, 1.54) is 6.26 Å². The van der Waals surface area contributed by atoms with Crippen LogP contribution in [0.15, 0.2) is 0 Å². The van der Waals surface area contributed by atoms with Gasteiger partial charge in [0.1, 0.15) is 23.2 Å². The van der Waals surface area contributed by atoms with Gasteiger partial charge in [-0.15, -0.1) is 0 Å². The van der Waals surface area contributed by atoms with Crippen molar-refractivity contribution in [1.82, 2.24) is 0 Å². The van der Waals surface area contributed by atoms with Gasteiger partial charge < -0.3 is 5.11 Å². The van der Waals surface area contributed by atoms with Gasteiger partial charge in [0.05, 0.1) is 0 Å². The molecule has 0 aliphatic rings. The fraction of sp³-hybridized carbons (Fsp3) is 1.00. The number of halogens is 6. The third kappa shape index (κ3) is 3.70. The lowest BCUT2D eigenvalue weighted by atomic mass is 9.97. The van der Waals surface area contributed by atoms with Crippen molar-refractivity contribution >= 4 is 11.2 Å². The van der Waals surface area contributed by atoms with Gasteiger partial charge in [-0.05, 0) is 12.8 Å². The summed E-state index contributed by atoms with van der Waals surface area (Å²) in [6.45, 7) is 0. The monoisotopic (exact) mass is 273 g/mol. The third-order valence-corrected chi connectivity index (χ3v) is 2.80. The minimum Gasteiger partial charge on any atom is -0.374 e. The molecule has 0 aliphatic heterocycles. The maximum absolute atomic E-state index is 12.1. The second-order valence-electron chi connectivity index (χ2n) is 3.26. The van der Waals surface area contributed by atoms with Gasteiger partial charge in [0.2, 0.25) is 0 Å². The van der Waals surface area contributed by atoms with Crippen molar-refractivity contribution in [2.24, 2.45) is 0 Å². The zero-order chi connectivity index (χ0) is 13.2. The van der Waals surface area contributed by atoms with Crippen molar-refractivity contribution in [1.29, 1.82) is 0 Å². The van der Waals surface area contributed by atoms with Gasteiger partial charge in [0.25, 0.3) is 5.60 Å². The molecule has 0 heterocycles. The number of aliphatic hydroxyl groups is 1. The van der Waals surface area contributed by atoms with Gasteiger partial charge in [-0.2, -0.15) is 30.9 Å². The first-order valence-corrected chi connectivity index (χ1v) is 5.85. The van der Waals surface area contributed by atoms with E-state index in [-0.39, 0.29) is 5.75 Å². The summed E-state index contributed by atoms with van der Waals surface area (Å²) in [7, 11) is 0. The highest BCUT2D eigenvalue weighted by atomic mass is 32.2. The van der Waals surface area contributed by atoms with Crippen molar-refractivity contribution in [2.75, 3.05) is 12.0 Å². The maximum Gasteiger partial charge on any atom is 0.426 e. The molecule has 9 heteroatoms. The molecule has 0 aromatic carbocycles. The number of alkyl halides is 6.